The highest BCUT2D eigenvalue weighted by molar-refractivity contribution is 5.60. The van der Waals surface area contributed by atoms with E-state index >= 15 is 0 Å². The van der Waals surface area contributed by atoms with Crippen molar-refractivity contribution in [2.24, 2.45) is 0 Å². The van der Waals surface area contributed by atoms with Gasteiger partial charge in [-0.2, -0.15) is 5.26 Å². The number of hydrogen-bond donors (Lipinski definition) is 1. The number of nitrogens with zero attached hydrogens (tertiary/aromatic N) is 1. The lowest BCUT2D eigenvalue weighted by Crippen LogP contribution is -2.03. The third-order valence-electron chi connectivity index (χ3n) is 2.28. The Morgan fingerprint density at radius 1 is 1.25 bits per heavy atom. The zero-order valence-corrected chi connectivity index (χ0v) is 9.83. The zero-order chi connectivity index (χ0) is 12.0. The lowest BCUT2D eigenvalue weighted by atomic mass is 10.1. The minimum Gasteiger partial charge on any atom is -0.493 e. The monoisotopic (exact) mass is 220 g/mol. The van der Waals surface area contributed by atoms with Crippen molar-refractivity contribution in [1.82, 2.24) is 0 Å². The lowest BCUT2D eigenvalue weighted by Gasteiger charge is -2.13. The second-order valence-electron chi connectivity index (χ2n) is 3.36. The first-order valence-corrected chi connectivity index (χ1v) is 5.06. The number of hydrogen-bond acceptors (Lipinski definition) is 4. The van der Waals surface area contributed by atoms with Gasteiger partial charge in [0.25, 0.3) is 0 Å². The maximum absolute atomic E-state index is 8.46. The summed E-state index contributed by atoms with van der Waals surface area (Å²) in [6.45, 7) is 2.61. The molecule has 16 heavy (non-hydrogen) atoms. The molecule has 0 amide bonds. The lowest BCUT2D eigenvalue weighted by molar-refractivity contribution is 0.355. The molecular weight excluding hydrogens is 204 g/mol. The molecule has 0 aliphatic heterocycles. The van der Waals surface area contributed by atoms with Crippen molar-refractivity contribution in [2.75, 3.05) is 26.1 Å². The van der Waals surface area contributed by atoms with Crippen molar-refractivity contribution >= 4 is 5.69 Å². The SMILES string of the molecule is COc1cc(C)c(NCCC#N)cc1OC. The van der Waals surface area contributed by atoms with E-state index in [0.29, 0.717) is 24.5 Å². The molecule has 1 rings (SSSR count). The van der Waals surface area contributed by atoms with E-state index in [-0.39, 0.29) is 0 Å². The predicted molar refractivity (Wildman–Crippen MR) is 63.0 cm³/mol. The number of rotatable bonds is 5. The summed E-state index contributed by atoms with van der Waals surface area (Å²) in [5.74, 6) is 1.40. The van der Waals surface area contributed by atoms with E-state index in [9.17, 15) is 0 Å². The molecule has 0 fully saturated rings. The van der Waals surface area contributed by atoms with E-state index in [1.165, 1.54) is 0 Å². The molecule has 0 aliphatic rings. The molecule has 0 atom stereocenters. The number of nitriles is 1. The molecule has 4 heteroatoms. The Hall–Kier alpha value is -1.89. The zero-order valence-electron chi connectivity index (χ0n) is 9.83. The number of anilines is 1. The molecule has 1 aromatic rings. The Balaban J connectivity index is 2.89. The molecule has 86 valence electrons. The standard InChI is InChI=1S/C12H16N2O2/c1-9-7-11(15-2)12(16-3)8-10(9)14-6-4-5-13/h7-8,14H,4,6H2,1-3H3. The van der Waals surface area contributed by atoms with Gasteiger partial charge in [0, 0.05) is 18.3 Å². The van der Waals surface area contributed by atoms with Crippen molar-refractivity contribution in [3.8, 4) is 17.6 Å². The Bertz CT molecular complexity index is 397. The van der Waals surface area contributed by atoms with Gasteiger partial charge in [-0.25, -0.2) is 0 Å². The average Bonchev–Trinajstić information content (AvgIpc) is 2.31. The Morgan fingerprint density at radius 3 is 2.44 bits per heavy atom. The van der Waals surface area contributed by atoms with Crippen molar-refractivity contribution in [1.29, 1.82) is 5.26 Å². The summed E-state index contributed by atoms with van der Waals surface area (Å²) in [6, 6.07) is 5.88. The summed E-state index contributed by atoms with van der Waals surface area (Å²) >= 11 is 0. The average molecular weight is 220 g/mol. The van der Waals surface area contributed by atoms with Gasteiger partial charge in [0.15, 0.2) is 11.5 Å². The summed E-state index contributed by atoms with van der Waals surface area (Å²) in [5, 5.41) is 11.6. The molecule has 0 spiro atoms. The third kappa shape index (κ3) is 2.80. The fourth-order valence-corrected chi connectivity index (χ4v) is 1.42. The van der Waals surface area contributed by atoms with Crippen LogP contribution in [0.4, 0.5) is 5.69 Å². The van der Waals surface area contributed by atoms with Crippen molar-refractivity contribution in [2.45, 2.75) is 13.3 Å². The Kier molecular flexibility index (Phi) is 4.46. The van der Waals surface area contributed by atoms with Gasteiger partial charge in [0.1, 0.15) is 0 Å². The molecule has 0 saturated heterocycles. The van der Waals surface area contributed by atoms with E-state index in [4.69, 9.17) is 14.7 Å². The summed E-state index contributed by atoms with van der Waals surface area (Å²) in [5.41, 5.74) is 2.03. The molecule has 1 N–H and O–H groups in total. The second-order valence-corrected chi connectivity index (χ2v) is 3.36. The molecule has 4 nitrogen and oxygen atoms in total. The molecule has 0 bridgehead atoms. The van der Waals surface area contributed by atoms with E-state index in [0.717, 1.165) is 11.3 Å². The first-order valence-electron chi connectivity index (χ1n) is 5.06. The van der Waals surface area contributed by atoms with E-state index in [2.05, 4.69) is 11.4 Å². The fourth-order valence-electron chi connectivity index (χ4n) is 1.42. The van der Waals surface area contributed by atoms with Crippen LogP contribution in [-0.2, 0) is 0 Å². The van der Waals surface area contributed by atoms with Gasteiger partial charge in [-0.3, -0.25) is 0 Å². The smallest absolute Gasteiger partial charge is 0.162 e. The quantitative estimate of drug-likeness (QED) is 0.774. The molecule has 1 aromatic carbocycles. The minimum atomic E-state index is 0.480. The van der Waals surface area contributed by atoms with Gasteiger partial charge in [0.2, 0.25) is 0 Å². The first-order chi connectivity index (χ1) is 7.72. The van der Waals surface area contributed by atoms with Crippen LogP contribution in [0.25, 0.3) is 0 Å². The van der Waals surface area contributed by atoms with E-state index in [1.54, 1.807) is 14.2 Å². The topological polar surface area (TPSA) is 54.3 Å². The molecule has 0 unspecified atom stereocenters. The Morgan fingerprint density at radius 2 is 1.88 bits per heavy atom. The van der Waals surface area contributed by atoms with Crippen LogP contribution in [0, 0.1) is 18.3 Å². The van der Waals surface area contributed by atoms with Crippen LogP contribution >= 0.6 is 0 Å². The highest BCUT2D eigenvalue weighted by Gasteiger charge is 2.07. The third-order valence-corrected chi connectivity index (χ3v) is 2.28. The number of aryl methyl sites for hydroxylation is 1. The van der Waals surface area contributed by atoms with E-state index in [1.807, 2.05) is 19.1 Å². The number of methoxy groups -OCH3 is 2. The number of nitrogens with one attached hydrogen (secondary N) is 1. The van der Waals surface area contributed by atoms with Crippen LogP contribution in [0.2, 0.25) is 0 Å². The predicted octanol–water partition coefficient (Wildman–Crippen LogP) is 2.34. The van der Waals surface area contributed by atoms with Crippen molar-refractivity contribution in [3.63, 3.8) is 0 Å². The molecule has 0 aromatic heterocycles. The van der Waals surface area contributed by atoms with Gasteiger partial charge in [-0.15, -0.1) is 0 Å². The minimum absolute atomic E-state index is 0.480. The van der Waals surface area contributed by atoms with Crippen LogP contribution < -0.4 is 14.8 Å². The van der Waals surface area contributed by atoms with Gasteiger partial charge in [0.05, 0.1) is 26.7 Å². The van der Waals surface area contributed by atoms with Crippen LogP contribution in [0.15, 0.2) is 12.1 Å². The normalized spacial score (nSPS) is 9.38. The molecule has 0 aliphatic carbocycles. The summed E-state index contributed by atoms with van der Waals surface area (Å²) < 4.78 is 10.4. The first kappa shape index (κ1) is 12.2. The van der Waals surface area contributed by atoms with Crippen molar-refractivity contribution < 1.29 is 9.47 Å². The van der Waals surface area contributed by atoms with Gasteiger partial charge < -0.3 is 14.8 Å². The Labute approximate surface area is 95.8 Å². The van der Waals surface area contributed by atoms with Gasteiger partial charge >= 0.3 is 0 Å². The fraction of sp³-hybridized carbons (Fsp3) is 0.417. The van der Waals surface area contributed by atoms with Crippen LogP contribution in [0.3, 0.4) is 0 Å². The number of ether oxygens (including phenoxy) is 2. The largest absolute Gasteiger partial charge is 0.493 e. The highest BCUT2D eigenvalue weighted by Crippen LogP contribution is 2.32. The van der Waals surface area contributed by atoms with Crippen molar-refractivity contribution in [3.05, 3.63) is 17.7 Å². The van der Waals surface area contributed by atoms with Crippen LogP contribution in [-0.4, -0.2) is 20.8 Å². The number of benzene rings is 1. The molecule has 0 heterocycles. The van der Waals surface area contributed by atoms with Crippen LogP contribution in [0.5, 0.6) is 11.5 Å². The van der Waals surface area contributed by atoms with E-state index < -0.39 is 0 Å². The molecule has 0 saturated carbocycles. The summed E-state index contributed by atoms with van der Waals surface area (Å²) in [7, 11) is 3.21. The maximum Gasteiger partial charge on any atom is 0.162 e. The molecule has 0 radical (unpaired) electrons. The van der Waals surface area contributed by atoms with Gasteiger partial charge in [-0.05, 0) is 18.6 Å². The maximum atomic E-state index is 8.46. The molecular formula is C12H16N2O2. The highest BCUT2D eigenvalue weighted by atomic mass is 16.5. The summed E-state index contributed by atoms with van der Waals surface area (Å²) in [4.78, 5) is 0. The second kappa shape index (κ2) is 5.86. The van der Waals surface area contributed by atoms with Crippen LogP contribution in [0.1, 0.15) is 12.0 Å². The summed E-state index contributed by atoms with van der Waals surface area (Å²) in [6.07, 6.45) is 0.480. The van der Waals surface area contributed by atoms with Gasteiger partial charge in [-0.1, -0.05) is 0 Å².